The molecular formula is C13H14N2O3. The zero-order chi connectivity index (χ0) is 12.7. The van der Waals surface area contributed by atoms with Gasteiger partial charge >= 0.3 is 5.97 Å². The van der Waals surface area contributed by atoms with Gasteiger partial charge in [-0.1, -0.05) is 12.1 Å². The van der Waals surface area contributed by atoms with Gasteiger partial charge in [0.15, 0.2) is 0 Å². The molecule has 1 aromatic heterocycles. The molecule has 1 aliphatic rings. The van der Waals surface area contributed by atoms with E-state index in [0.717, 1.165) is 27.9 Å². The number of aliphatic carboxylic acids is 1. The molecule has 0 radical (unpaired) electrons. The van der Waals surface area contributed by atoms with E-state index in [-0.39, 0.29) is 0 Å². The Balaban J connectivity index is 2.14. The second-order valence-electron chi connectivity index (χ2n) is 4.44. The minimum absolute atomic E-state index is 0.498. The molecule has 2 aromatic rings. The standard InChI is InChI=1S/C13H14N2O3/c1-18-11-4-2-3-7-8-5-9(13(16)17)14-6-10(8)15-12(7)11/h2-4,9,14-15H,5-6H2,1H3,(H,16,17). The Hall–Kier alpha value is -2.01. The van der Waals surface area contributed by atoms with Gasteiger partial charge in [-0.15, -0.1) is 0 Å². The van der Waals surface area contributed by atoms with Gasteiger partial charge in [0.05, 0.1) is 12.6 Å². The van der Waals surface area contributed by atoms with Crippen molar-refractivity contribution in [1.82, 2.24) is 10.3 Å². The highest BCUT2D eigenvalue weighted by Gasteiger charge is 2.26. The van der Waals surface area contributed by atoms with Crippen molar-refractivity contribution in [1.29, 1.82) is 0 Å². The molecule has 94 valence electrons. The van der Waals surface area contributed by atoms with Gasteiger partial charge < -0.3 is 14.8 Å². The highest BCUT2D eigenvalue weighted by Crippen LogP contribution is 2.32. The number of aromatic amines is 1. The predicted molar refractivity (Wildman–Crippen MR) is 66.8 cm³/mol. The number of carbonyl (C=O) groups is 1. The summed E-state index contributed by atoms with van der Waals surface area (Å²) in [6.07, 6.45) is 0.498. The molecule has 3 rings (SSSR count). The number of para-hydroxylation sites is 1. The number of hydrogen-bond donors (Lipinski definition) is 3. The van der Waals surface area contributed by atoms with E-state index >= 15 is 0 Å². The fraction of sp³-hybridized carbons (Fsp3) is 0.308. The van der Waals surface area contributed by atoms with Gasteiger partial charge in [-0.3, -0.25) is 10.1 Å². The highest BCUT2D eigenvalue weighted by molar-refractivity contribution is 5.90. The number of rotatable bonds is 2. The van der Waals surface area contributed by atoms with E-state index in [1.54, 1.807) is 7.11 Å². The Kier molecular flexibility index (Phi) is 2.48. The molecule has 2 heterocycles. The fourth-order valence-corrected chi connectivity index (χ4v) is 2.53. The zero-order valence-corrected chi connectivity index (χ0v) is 9.99. The number of carboxylic acid groups (broad SMARTS) is 1. The van der Waals surface area contributed by atoms with E-state index < -0.39 is 12.0 Å². The first-order valence-electron chi connectivity index (χ1n) is 5.83. The van der Waals surface area contributed by atoms with Crippen LogP contribution < -0.4 is 10.1 Å². The third-order valence-corrected chi connectivity index (χ3v) is 3.44. The molecule has 1 unspecified atom stereocenters. The number of benzene rings is 1. The van der Waals surface area contributed by atoms with Gasteiger partial charge in [-0.05, 0) is 11.6 Å². The molecular weight excluding hydrogens is 232 g/mol. The molecule has 0 saturated carbocycles. The maximum Gasteiger partial charge on any atom is 0.321 e. The van der Waals surface area contributed by atoms with Crippen LogP contribution >= 0.6 is 0 Å². The van der Waals surface area contributed by atoms with Gasteiger partial charge in [0.2, 0.25) is 0 Å². The first-order chi connectivity index (χ1) is 8.70. The monoisotopic (exact) mass is 246 g/mol. The molecule has 5 heteroatoms. The van der Waals surface area contributed by atoms with Crippen LogP contribution in [0.4, 0.5) is 0 Å². The lowest BCUT2D eigenvalue weighted by atomic mass is 9.98. The van der Waals surface area contributed by atoms with Gasteiger partial charge in [0.25, 0.3) is 0 Å². The Labute approximate surface area is 104 Å². The first-order valence-corrected chi connectivity index (χ1v) is 5.83. The number of fused-ring (bicyclic) bond motifs is 3. The van der Waals surface area contributed by atoms with Crippen molar-refractivity contribution in [3.63, 3.8) is 0 Å². The molecule has 18 heavy (non-hydrogen) atoms. The van der Waals surface area contributed by atoms with Crippen LogP contribution in [0, 0.1) is 0 Å². The van der Waals surface area contributed by atoms with Crippen molar-refractivity contribution >= 4 is 16.9 Å². The number of H-pyrrole nitrogens is 1. The number of carboxylic acids is 1. The second kappa shape index (κ2) is 4.03. The van der Waals surface area contributed by atoms with E-state index in [4.69, 9.17) is 9.84 Å². The number of aromatic nitrogens is 1. The summed E-state index contributed by atoms with van der Waals surface area (Å²) in [7, 11) is 1.63. The van der Waals surface area contributed by atoms with Crippen molar-refractivity contribution in [2.24, 2.45) is 0 Å². The van der Waals surface area contributed by atoms with Crippen LogP contribution in [-0.2, 0) is 17.8 Å². The molecule has 1 atom stereocenters. The molecule has 5 nitrogen and oxygen atoms in total. The maximum absolute atomic E-state index is 11.0. The minimum atomic E-state index is -0.808. The van der Waals surface area contributed by atoms with Crippen molar-refractivity contribution < 1.29 is 14.6 Å². The summed E-state index contributed by atoms with van der Waals surface area (Å²) in [6.45, 7) is 0.546. The molecule has 3 N–H and O–H groups in total. The summed E-state index contributed by atoms with van der Waals surface area (Å²) in [4.78, 5) is 14.4. The van der Waals surface area contributed by atoms with Gasteiger partial charge in [0.1, 0.15) is 11.8 Å². The maximum atomic E-state index is 11.0. The first kappa shape index (κ1) is 11.1. The lowest BCUT2D eigenvalue weighted by Crippen LogP contribution is -2.41. The average molecular weight is 246 g/mol. The molecule has 0 fully saturated rings. The van der Waals surface area contributed by atoms with Crippen molar-refractivity contribution in [3.05, 3.63) is 29.5 Å². The summed E-state index contributed by atoms with van der Waals surface area (Å²) < 4.78 is 5.31. The summed E-state index contributed by atoms with van der Waals surface area (Å²) in [5.74, 6) is -0.0216. The third-order valence-electron chi connectivity index (χ3n) is 3.44. The number of nitrogens with one attached hydrogen (secondary N) is 2. The van der Waals surface area contributed by atoms with E-state index in [1.165, 1.54) is 0 Å². The smallest absolute Gasteiger partial charge is 0.321 e. The van der Waals surface area contributed by atoms with Crippen LogP contribution in [0.1, 0.15) is 11.3 Å². The largest absolute Gasteiger partial charge is 0.495 e. The highest BCUT2D eigenvalue weighted by atomic mass is 16.5. The summed E-state index contributed by atoms with van der Waals surface area (Å²) in [6, 6.07) is 5.30. The van der Waals surface area contributed by atoms with Crippen LogP contribution in [0.25, 0.3) is 10.9 Å². The van der Waals surface area contributed by atoms with E-state index in [2.05, 4.69) is 10.3 Å². The van der Waals surface area contributed by atoms with E-state index in [0.29, 0.717) is 13.0 Å². The van der Waals surface area contributed by atoms with E-state index in [9.17, 15) is 4.79 Å². The Morgan fingerprint density at radius 2 is 2.33 bits per heavy atom. The molecule has 0 amide bonds. The van der Waals surface area contributed by atoms with Gasteiger partial charge in [-0.2, -0.15) is 0 Å². The lowest BCUT2D eigenvalue weighted by Gasteiger charge is -2.20. The minimum Gasteiger partial charge on any atom is -0.495 e. The fourth-order valence-electron chi connectivity index (χ4n) is 2.53. The zero-order valence-electron chi connectivity index (χ0n) is 9.99. The normalized spacial score (nSPS) is 18.6. The number of ether oxygens (including phenoxy) is 1. The summed E-state index contributed by atoms with van der Waals surface area (Å²) in [5, 5.41) is 13.1. The molecule has 1 aromatic carbocycles. The van der Waals surface area contributed by atoms with Crippen LogP contribution in [0.3, 0.4) is 0 Å². The molecule has 0 bridgehead atoms. The second-order valence-corrected chi connectivity index (χ2v) is 4.44. The summed E-state index contributed by atoms with van der Waals surface area (Å²) in [5.41, 5.74) is 3.07. The third kappa shape index (κ3) is 1.55. The molecule has 0 aliphatic carbocycles. The van der Waals surface area contributed by atoms with Crippen LogP contribution in [0.15, 0.2) is 18.2 Å². The lowest BCUT2D eigenvalue weighted by molar-refractivity contribution is -0.139. The quantitative estimate of drug-likeness (QED) is 0.746. The summed E-state index contributed by atoms with van der Waals surface area (Å²) >= 11 is 0. The predicted octanol–water partition coefficient (Wildman–Crippen LogP) is 1.28. The van der Waals surface area contributed by atoms with Crippen molar-refractivity contribution in [2.45, 2.75) is 19.0 Å². The van der Waals surface area contributed by atoms with Gasteiger partial charge in [-0.25, -0.2) is 0 Å². The number of methoxy groups -OCH3 is 1. The van der Waals surface area contributed by atoms with Crippen molar-refractivity contribution in [2.75, 3.05) is 7.11 Å². The molecule has 0 saturated heterocycles. The van der Waals surface area contributed by atoms with Crippen LogP contribution in [0.5, 0.6) is 5.75 Å². The van der Waals surface area contributed by atoms with Crippen LogP contribution in [-0.4, -0.2) is 29.2 Å². The van der Waals surface area contributed by atoms with Crippen LogP contribution in [0.2, 0.25) is 0 Å². The molecule has 1 aliphatic heterocycles. The van der Waals surface area contributed by atoms with Gasteiger partial charge in [0, 0.05) is 24.0 Å². The molecule has 0 spiro atoms. The average Bonchev–Trinajstić information content (AvgIpc) is 2.76. The van der Waals surface area contributed by atoms with Crippen molar-refractivity contribution in [3.8, 4) is 5.75 Å². The Morgan fingerprint density at radius 3 is 3.06 bits per heavy atom. The Morgan fingerprint density at radius 1 is 1.50 bits per heavy atom. The SMILES string of the molecule is COc1cccc2c3c([nH]c12)CNC(C(=O)O)C3. The van der Waals surface area contributed by atoms with E-state index in [1.807, 2.05) is 18.2 Å². The number of hydrogen-bond acceptors (Lipinski definition) is 3. The topological polar surface area (TPSA) is 74.3 Å². The Bertz CT molecular complexity index is 618.